The van der Waals surface area contributed by atoms with E-state index in [1.54, 1.807) is 24.3 Å². The first kappa shape index (κ1) is 21.0. The summed E-state index contributed by atoms with van der Waals surface area (Å²) in [5, 5.41) is 0. The maximum absolute atomic E-state index is 11.8. The van der Waals surface area contributed by atoms with E-state index in [1.165, 1.54) is 19.3 Å². The molecule has 1 rings (SSSR count). The molecule has 0 radical (unpaired) electrons. The average Bonchev–Trinajstić information content (AvgIpc) is 2.43. The van der Waals surface area contributed by atoms with Gasteiger partial charge in [0.1, 0.15) is 5.75 Å². The predicted octanol–water partition coefficient (Wildman–Crippen LogP) is 1.51. The maximum Gasteiger partial charge on any atom is 1.00 e. The van der Waals surface area contributed by atoms with Crippen LogP contribution in [0.4, 0.5) is 0 Å². The van der Waals surface area contributed by atoms with Gasteiger partial charge in [-0.2, -0.15) is 8.42 Å². The molecule has 0 heterocycles. The number of rotatable bonds is 10. The van der Waals surface area contributed by atoms with Crippen molar-refractivity contribution in [3.05, 3.63) is 30.3 Å². The zero-order valence-electron chi connectivity index (χ0n) is 14.5. The van der Waals surface area contributed by atoms with E-state index in [0.717, 1.165) is 18.8 Å². The van der Waals surface area contributed by atoms with Crippen molar-refractivity contribution in [2.45, 2.75) is 52.4 Å². The Kier molecular flexibility index (Phi) is 11.5. The van der Waals surface area contributed by atoms with Crippen LogP contribution in [-0.4, -0.2) is 14.2 Å². The Bertz CT molecular complexity index is 466. The summed E-state index contributed by atoms with van der Waals surface area (Å²) in [4.78, 5) is 0. The summed E-state index contributed by atoms with van der Waals surface area (Å²) in [7, 11) is -3.44. The molecule has 0 aliphatic heterocycles. The summed E-state index contributed by atoms with van der Waals surface area (Å²) < 4.78 is 28.6. The fourth-order valence-corrected chi connectivity index (χ4v) is 3.04. The van der Waals surface area contributed by atoms with Crippen LogP contribution in [0.1, 0.15) is 53.8 Å². The van der Waals surface area contributed by atoms with Crippen molar-refractivity contribution in [2.75, 3.05) is 5.75 Å². The Hall–Kier alpha value is -0.0300. The first-order valence-electron chi connectivity index (χ1n) is 7.50. The molecular formula is C16H27NaO3S. The summed E-state index contributed by atoms with van der Waals surface area (Å²) >= 11 is 0. The topological polar surface area (TPSA) is 43.4 Å². The van der Waals surface area contributed by atoms with Gasteiger partial charge in [-0.05, 0) is 24.5 Å². The fraction of sp³-hybridized carbons (Fsp3) is 0.625. The van der Waals surface area contributed by atoms with E-state index in [4.69, 9.17) is 4.18 Å². The van der Waals surface area contributed by atoms with Crippen molar-refractivity contribution in [3.63, 3.8) is 0 Å². The van der Waals surface area contributed by atoms with Gasteiger partial charge < -0.3 is 5.61 Å². The Labute approximate surface area is 153 Å². The van der Waals surface area contributed by atoms with Crippen molar-refractivity contribution < 1.29 is 43.6 Å². The Balaban J connectivity index is 0. The van der Waals surface area contributed by atoms with E-state index < -0.39 is 10.1 Å². The Morgan fingerprint density at radius 1 is 1.10 bits per heavy atom. The molecule has 21 heavy (non-hydrogen) atoms. The normalized spacial score (nSPS) is 12.5. The maximum atomic E-state index is 11.8. The summed E-state index contributed by atoms with van der Waals surface area (Å²) in [6.45, 7) is 4.47. The largest absolute Gasteiger partial charge is 1.00 e. The third kappa shape index (κ3) is 10.3. The molecule has 1 aromatic rings. The third-order valence-corrected chi connectivity index (χ3v) is 4.74. The van der Waals surface area contributed by atoms with Crippen LogP contribution in [0.15, 0.2) is 30.3 Å². The van der Waals surface area contributed by atoms with Crippen LogP contribution in [0.25, 0.3) is 0 Å². The molecule has 0 aliphatic carbocycles. The van der Waals surface area contributed by atoms with Gasteiger partial charge in [0.15, 0.2) is 0 Å². The van der Waals surface area contributed by atoms with Crippen molar-refractivity contribution in [2.24, 2.45) is 5.92 Å². The van der Waals surface area contributed by atoms with Crippen molar-refractivity contribution in [1.82, 2.24) is 0 Å². The number of benzene rings is 1. The summed E-state index contributed by atoms with van der Waals surface area (Å²) in [6.07, 6.45) is 6.38. The average molecular weight is 322 g/mol. The molecule has 0 bridgehead atoms. The fourth-order valence-electron chi connectivity index (χ4n) is 1.99. The molecule has 0 aromatic heterocycles. The summed E-state index contributed by atoms with van der Waals surface area (Å²) in [5.41, 5.74) is 0. The number of hydrogen-bond donors (Lipinski definition) is 0. The number of hydrogen-bond acceptors (Lipinski definition) is 3. The van der Waals surface area contributed by atoms with Crippen LogP contribution < -0.4 is 33.7 Å². The van der Waals surface area contributed by atoms with Gasteiger partial charge in [0, 0.05) is 0 Å². The van der Waals surface area contributed by atoms with Gasteiger partial charge in [-0.3, -0.25) is 0 Å². The summed E-state index contributed by atoms with van der Waals surface area (Å²) in [6, 6.07) is 8.67. The second-order valence-electron chi connectivity index (χ2n) is 5.37. The van der Waals surface area contributed by atoms with Gasteiger partial charge in [-0.1, -0.05) is 64.2 Å². The van der Waals surface area contributed by atoms with Crippen LogP contribution in [0.3, 0.4) is 0 Å². The Morgan fingerprint density at radius 3 is 2.33 bits per heavy atom. The molecule has 0 saturated heterocycles. The van der Waals surface area contributed by atoms with E-state index in [2.05, 4.69) is 13.8 Å². The monoisotopic (exact) mass is 322 g/mol. The minimum atomic E-state index is -3.44. The van der Waals surface area contributed by atoms with E-state index >= 15 is 0 Å². The first-order valence-corrected chi connectivity index (χ1v) is 9.08. The van der Waals surface area contributed by atoms with Crippen LogP contribution in [0.2, 0.25) is 0 Å². The minimum Gasteiger partial charge on any atom is -1.00 e. The minimum absolute atomic E-state index is 0. The molecular weight excluding hydrogens is 295 g/mol. The smallest absolute Gasteiger partial charge is 1.00 e. The molecule has 5 heteroatoms. The number of para-hydroxylation sites is 1. The van der Waals surface area contributed by atoms with Crippen LogP contribution in [-0.2, 0) is 10.1 Å². The second-order valence-corrected chi connectivity index (χ2v) is 7.06. The van der Waals surface area contributed by atoms with Crippen LogP contribution in [0, 0.1) is 5.92 Å². The zero-order chi connectivity index (χ0) is 14.8. The Morgan fingerprint density at radius 2 is 1.71 bits per heavy atom. The van der Waals surface area contributed by atoms with Crippen LogP contribution >= 0.6 is 0 Å². The molecule has 0 fully saturated rings. The van der Waals surface area contributed by atoms with Gasteiger partial charge >= 0.3 is 39.7 Å². The van der Waals surface area contributed by atoms with Gasteiger partial charge in [0.05, 0.1) is 5.75 Å². The van der Waals surface area contributed by atoms with E-state index in [0.29, 0.717) is 12.2 Å². The molecule has 0 saturated carbocycles. The molecule has 0 spiro atoms. The molecule has 0 amide bonds. The third-order valence-electron chi connectivity index (χ3n) is 3.50. The van der Waals surface area contributed by atoms with Crippen LogP contribution in [0.5, 0.6) is 5.75 Å². The standard InChI is InChI=1S/C16H26O3S.Na.H/c1-3-15(2)11-7-4-5-10-14-20(17,18)19-16-12-8-6-9-13-16;;/h6,8-9,12-13,15H,3-5,7,10-11,14H2,1-2H3;;/q;+1;-1. The molecule has 1 unspecified atom stereocenters. The summed E-state index contributed by atoms with van der Waals surface area (Å²) in [5.74, 6) is 1.27. The molecule has 0 aliphatic rings. The van der Waals surface area contributed by atoms with Gasteiger partial charge in [0.25, 0.3) is 0 Å². The van der Waals surface area contributed by atoms with E-state index in [9.17, 15) is 8.42 Å². The zero-order valence-corrected chi connectivity index (χ0v) is 16.4. The number of unbranched alkanes of at least 4 members (excludes halogenated alkanes) is 3. The quantitative estimate of drug-likeness (QED) is 0.373. The van der Waals surface area contributed by atoms with Crippen molar-refractivity contribution in [3.8, 4) is 5.75 Å². The van der Waals surface area contributed by atoms with E-state index in [1.807, 2.05) is 6.07 Å². The molecule has 116 valence electrons. The van der Waals surface area contributed by atoms with Gasteiger partial charge in [0.2, 0.25) is 0 Å². The van der Waals surface area contributed by atoms with Crippen molar-refractivity contribution in [1.29, 1.82) is 0 Å². The molecule has 0 N–H and O–H groups in total. The predicted molar refractivity (Wildman–Crippen MR) is 84.5 cm³/mol. The second kappa shape index (κ2) is 11.5. The molecule has 3 nitrogen and oxygen atoms in total. The first-order chi connectivity index (χ1) is 9.53. The SMILES string of the molecule is CCC(C)CCCCCCS(=O)(=O)Oc1ccccc1.[H-].[Na+]. The van der Waals surface area contributed by atoms with Gasteiger partial charge in [-0.25, -0.2) is 0 Å². The molecule has 1 atom stereocenters. The molecule has 1 aromatic carbocycles. The van der Waals surface area contributed by atoms with Gasteiger partial charge in [-0.15, -0.1) is 0 Å². The van der Waals surface area contributed by atoms with E-state index in [-0.39, 0.29) is 36.7 Å². The van der Waals surface area contributed by atoms with Crippen molar-refractivity contribution >= 4 is 10.1 Å².